The molecule has 1 saturated heterocycles. The molecule has 0 radical (unpaired) electrons. The van der Waals surface area contributed by atoms with Crippen molar-refractivity contribution in [1.82, 2.24) is 9.97 Å². The Morgan fingerprint density at radius 1 is 1.33 bits per heavy atom. The van der Waals surface area contributed by atoms with Crippen molar-refractivity contribution < 1.29 is 4.74 Å². The molecule has 1 aliphatic heterocycles. The summed E-state index contributed by atoms with van der Waals surface area (Å²) in [5.41, 5.74) is 0. The van der Waals surface area contributed by atoms with Crippen LogP contribution in [0.25, 0.3) is 0 Å². The molecule has 1 atom stereocenters. The van der Waals surface area contributed by atoms with Gasteiger partial charge in [0.2, 0.25) is 0 Å². The summed E-state index contributed by atoms with van der Waals surface area (Å²) in [4.78, 5) is 11.4. The number of aryl methyl sites for hydroxylation is 1. The predicted octanol–water partition coefficient (Wildman–Crippen LogP) is 2.87. The first kappa shape index (κ1) is 16.0. The third kappa shape index (κ3) is 4.84. The minimum Gasteiger partial charge on any atom is -0.376 e. The summed E-state index contributed by atoms with van der Waals surface area (Å²) in [5.74, 6) is 2.82. The van der Waals surface area contributed by atoms with Crippen molar-refractivity contribution >= 4 is 11.6 Å². The smallest absolute Gasteiger partial charge is 0.134 e. The highest BCUT2D eigenvalue weighted by Crippen LogP contribution is 2.19. The van der Waals surface area contributed by atoms with Crippen molar-refractivity contribution in [1.29, 1.82) is 0 Å². The number of rotatable bonds is 7. The van der Waals surface area contributed by atoms with E-state index in [1.165, 1.54) is 12.8 Å². The average molecular weight is 292 g/mol. The molecule has 118 valence electrons. The molecule has 5 nitrogen and oxygen atoms in total. The van der Waals surface area contributed by atoms with Crippen molar-refractivity contribution in [2.75, 3.05) is 37.0 Å². The van der Waals surface area contributed by atoms with Gasteiger partial charge in [-0.2, -0.15) is 0 Å². The van der Waals surface area contributed by atoms with Gasteiger partial charge in [0.15, 0.2) is 0 Å². The van der Waals surface area contributed by atoms with Crippen LogP contribution in [0.2, 0.25) is 0 Å². The Balaban J connectivity index is 2.08. The van der Waals surface area contributed by atoms with Gasteiger partial charge in [0.05, 0.1) is 6.10 Å². The van der Waals surface area contributed by atoms with E-state index >= 15 is 0 Å². The monoisotopic (exact) mass is 292 g/mol. The number of aromatic nitrogens is 2. The zero-order chi connectivity index (χ0) is 15.1. The van der Waals surface area contributed by atoms with E-state index in [2.05, 4.69) is 36.1 Å². The number of nitrogens with one attached hydrogen (secondary N) is 1. The standard InChI is InChI=1S/C16H28N4O/c1-4-8-14-18-15(17-5-2)11-16(19-14)20(3)12-13-9-6-7-10-21-13/h11,13H,4-10,12H2,1-3H3,(H,17,18,19). The number of anilines is 2. The van der Waals surface area contributed by atoms with Crippen molar-refractivity contribution in [2.24, 2.45) is 0 Å². The van der Waals surface area contributed by atoms with Crippen molar-refractivity contribution in [3.63, 3.8) is 0 Å². The van der Waals surface area contributed by atoms with Gasteiger partial charge in [-0.1, -0.05) is 6.92 Å². The molecule has 1 unspecified atom stereocenters. The van der Waals surface area contributed by atoms with Crippen molar-refractivity contribution in [3.8, 4) is 0 Å². The summed E-state index contributed by atoms with van der Waals surface area (Å²) >= 11 is 0. The molecule has 1 aromatic heterocycles. The van der Waals surface area contributed by atoms with Gasteiger partial charge in [0, 0.05) is 39.2 Å². The Labute approximate surface area is 128 Å². The molecule has 1 N–H and O–H groups in total. The fraction of sp³-hybridized carbons (Fsp3) is 0.750. The van der Waals surface area contributed by atoms with E-state index in [9.17, 15) is 0 Å². The minimum atomic E-state index is 0.330. The molecule has 5 heteroatoms. The highest BCUT2D eigenvalue weighted by molar-refractivity contribution is 5.49. The molecule has 2 heterocycles. The first-order valence-electron chi connectivity index (χ1n) is 8.17. The number of likely N-dealkylation sites (N-methyl/N-ethyl adjacent to an activating group) is 1. The van der Waals surface area contributed by atoms with E-state index in [4.69, 9.17) is 9.72 Å². The summed E-state index contributed by atoms with van der Waals surface area (Å²) in [6, 6.07) is 2.03. The lowest BCUT2D eigenvalue weighted by molar-refractivity contribution is 0.0215. The van der Waals surface area contributed by atoms with Gasteiger partial charge >= 0.3 is 0 Å². The Morgan fingerprint density at radius 3 is 2.86 bits per heavy atom. The third-order valence-corrected chi connectivity index (χ3v) is 3.73. The van der Waals surface area contributed by atoms with Crippen LogP contribution in [-0.4, -0.2) is 42.8 Å². The topological polar surface area (TPSA) is 50.3 Å². The molecule has 0 aliphatic carbocycles. The van der Waals surface area contributed by atoms with Crippen LogP contribution in [-0.2, 0) is 11.2 Å². The Bertz CT molecular complexity index is 408. The molecule has 0 bridgehead atoms. The number of hydrogen-bond acceptors (Lipinski definition) is 5. The molecule has 1 fully saturated rings. The molecule has 0 saturated carbocycles. The highest BCUT2D eigenvalue weighted by Gasteiger charge is 2.17. The molecule has 0 amide bonds. The van der Waals surface area contributed by atoms with Crippen molar-refractivity contribution in [3.05, 3.63) is 11.9 Å². The zero-order valence-corrected chi connectivity index (χ0v) is 13.6. The maximum absolute atomic E-state index is 5.82. The quantitative estimate of drug-likeness (QED) is 0.837. The summed E-state index contributed by atoms with van der Waals surface area (Å²) in [6.07, 6.45) is 5.92. The fourth-order valence-corrected chi connectivity index (χ4v) is 2.64. The molecule has 21 heavy (non-hydrogen) atoms. The van der Waals surface area contributed by atoms with Gasteiger partial charge in [0.1, 0.15) is 17.5 Å². The van der Waals surface area contributed by atoms with Crippen LogP contribution in [0.15, 0.2) is 6.07 Å². The first-order chi connectivity index (χ1) is 10.2. The first-order valence-corrected chi connectivity index (χ1v) is 8.17. The third-order valence-electron chi connectivity index (χ3n) is 3.73. The van der Waals surface area contributed by atoms with E-state index < -0.39 is 0 Å². The Hall–Kier alpha value is -1.36. The van der Waals surface area contributed by atoms with Gasteiger partial charge < -0.3 is 15.0 Å². The zero-order valence-electron chi connectivity index (χ0n) is 13.6. The second kappa shape index (κ2) is 8.17. The van der Waals surface area contributed by atoms with Crippen LogP contribution in [0.3, 0.4) is 0 Å². The molecule has 0 aromatic carbocycles. The second-order valence-corrected chi connectivity index (χ2v) is 5.68. The minimum absolute atomic E-state index is 0.330. The maximum atomic E-state index is 5.82. The average Bonchev–Trinajstić information content (AvgIpc) is 2.49. The second-order valence-electron chi connectivity index (χ2n) is 5.68. The van der Waals surface area contributed by atoms with E-state index in [-0.39, 0.29) is 0 Å². The lowest BCUT2D eigenvalue weighted by Crippen LogP contribution is -2.34. The van der Waals surface area contributed by atoms with Gasteiger partial charge in [-0.25, -0.2) is 9.97 Å². The lowest BCUT2D eigenvalue weighted by Gasteiger charge is -2.28. The fourth-order valence-electron chi connectivity index (χ4n) is 2.64. The van der Waals surface area contributed by atoms with Gasteiger partial charge in [-0.05, 0) is 32.6 Å². The summed E-state index contributed by atoms with van der Waals surface area (Å²) < 4.78 is 5.82. The van der Waals surface area contributed by atoms with E-state index in [1.54, 1.807) is 0 Å². The number of hydrogen-bond donors (Lipinski definition) is 1. The molecular weight excluding hydrogens is 264 g/mol. The molecule has 1 aromatic rings. The molecule has 1 aliphatic rings. The largest absolute Gasteiger partial charge is 0.376 e. The Kier molecular flexibility index (Phi) is 6.23. The maximum Gasteiger partial charge on any atom is 0.134 e. The summed E-state index contributed by atoms with van der Waals surface area (Å²) in [5, 5.41) is 3.30. The molecule has 0 spiro atoms. The van der Waals surface area contributed by atoms with Crippen molar-refractivity contribution in [2.45, 2.75) is 52.1 Å². The van der Waals surface area contributed by atoms with E-state index in [1.807, 2.05) is 6.07 Å². The van der Waals surface area contributed by atoms with Crippen LogP contribution in [0, 0.1) is 0 Å². The SMILES string of the molecule is CCCc1nc(NCC)cc(N(C)CC2CCCCO2)n1. The predicted molar refractivity (Wildman–Crippen MR) is 87.1 cm³/mol. The molecule has 2 rings (SSSR count). The number of nitrogens with zero attached hydrogens (tertiary/aromatic N) is 3. The van der Waals surface area contributed by atoms with Crippen LogP contribution in [0.4, 0.5) is 11.6 Å². The lowest BCUT2D eigenvalue weighted by atomic mass is 10.1. The Morgan fingerprint density at radius 2 is 2.19 bits per heavy atom. The van der Waals surface area contributed by atoms with E-state index in [0.29, 0.717) is 6.10 Å². The van der Waals surface area contributed by atoms with E-state index in [0.717, 1.165) is 56.4 Å². The van der Waals surface area contributed by atoms with Gasteiger partial charge in [-0.3, -0.25) is 0 Å². The van der Waals surface area contributed by atoms with Crippen LogP contribution in [0.5, 0.6) is 0 Å². The van der Waals surface area contributed by atoms with Crippen LogP contribution < -0.4 is 10.2 Å². The molecular formula is C16H28N4O. The highest BCUT2D eigenvalue weighted by atomic mass is 16.5. The summed E-state index contributed by atoms with van der Waals surface area (Å²) in [6.45, 7) is 6.90. The van der Waals surface area contributed by atoms with Gasteiger partial charge in [-0.15, -0.1) is 0 Å². The van der Waals surface area contributed by atoms with Crippen LogP contribution >= 0.6 is 0 Å². The normalized spacial score (nSPS) is 18.5. The van der Waals surface area contributed by atoms with Crippen LogP contribution in [0.1, 0.15) is 45.4 Å². The number of ether oxygens (including phenoxy) is 1. The van der Waals surface area contributed by atoms with Gasteiger partial charge in [0.25, 0.3) is 0 Å². The summed E-state index contributed by atoms with van der Waals surface area (Å²) in [7, 11) is 2.09.